The molecule has 1 aliphatic heterocycles. The van der Waals surface area contributed by atoms with Gasteiger partial charge in [-0.3, -0.25) is 9.59 Å². The average Bonchev–Trinajstić information content (AvgIpc) is 3.11. The van der Waals surface area contributed by atoms with Crippen LogP contribution in [0.15, 0.2) is 36.4 Å². The van der Waals surface area contributed by atoms with Gasteiger partial charge < -0.3 is 14.7 Å². The van der Waals surface area contributed by atoms with Gasteiger partial charge in [-0.25, -0.2) is 0 Å². The first-order valence-electron chi connectivity index (χ1n) is 8.11. The summed E-state index contributed by atoms with van der Waals surface area (Å²) in [6, 6.07) is 9.70. The van der Waals surface area contributed by atoms with Crippen LogP contribution in [0.2, 0.25) is 0 Å². The van der Waals surface area contributed by atoms with Crippen molar-refractivity contribution in [3.8, 4) is 16.2 Å². The molecule has 5 nitrogen and oxygen atoms in total. The summed E-state index contributed by atoms with van der Waals surface area (Å²) < 4.78 is 28.7. The van der Waals surface area contributed by atoms with Crippen LogP contribution in [0.5, 0.6) is 5.75 Å². The number of nitrogens with zero attached hydrogens (tertiary/aromatic N) is 1. The minimum absolute atomic E-state index is 0.0737. The van der Waals surface area contributed by atoms with Crippen LogP contribution in [0.1, 0.15) is 22.5 Å². The number of halogens is 2. The van der Waals surface area contributed by atoms with E-state index in [2.05, 4.69) is 4.74 Å². The van der Waals surface area contributed by atoms with Crippen LogP contribution in [0, 0.1) is 5.92 Å². The van der Waals surface area contributed by atoms with E-state index in [1.54, 1.807) is 29.2 Å². The van der Waals surface area contributed by atoms with Crippen molar-refractivity contribution in [1.29, 1.82) is 0 Å². The van der Waals surface area contributed by atoms with Gasteiger partial charge in [-0.1, -0.05) is 0 Å². The second-order valence-electron chi connectivity index (χ2n) is 6.00. The number of carbonyl (C=O) groups is 2. The first-order valence-corrected chi connectivity index (χ1v) is 8.93. The van der Waals surface area contributed by atoms with E-state index in [9.17, 15) is 18.4 Å². The number of hydrogen-bond acceptors (Lipinski definition) is 4. The number of ether oxygens (including phenoxy) is 1. The Morgan fingerprint density at radius 1 is 1.19 bits per heavy atom. The maximum Gasteiger partial charge on any atom is 0.387 e. The van der Waals surface area contributed by atoms with E-state index >= 15 is 0 Å². The van der Waals surface area contributed by atoms with Gasteiger partial charge in [-0.05, 0) is 54.8 Å². The lowest BCUT2D eigenvalue weighted by Gasteiger charge is -2.30. The van der Waals surface area contributed by atoms with Gasteiger partial charge in [0.25, 0.3) is 5.91 Å². The highest BCUT2D eigenvalue weighted by Crippen LogP contribution is 2.31. The van der Waals surface area contributed by atoms with E-state index in [0.717, 1.165) is 10.4 Å². The molecular formula is C18H17F2NO4S. The van der Waals surface area contributed by atoms with Crippen molar-refractivity contribution in [1.82, 2.24) is 4.90 Å². The SMILES string of the molecule is O=C(O)[C@H]1CCCN(C(=O)c2ccc(-c3ccc(OC(F)F)cc3)s2)C1. The smallest absolute Gasteiger partial charge is 0.387 e. The fraction of sp³-hybridized carbons (Fsp3) is 0.333. The zero-order valence-electron chi connectivity index (χ0n) is 13.7. The molecule has 1 fully saturated rings. The number of thiophene rings is 1. The Bertz CT molecular complexity index is 791. The summed E-state index contributed by atoms with van der Waals surface area (Å²) in [4.78, 5) is 26.7. The fourth-order valence-electron chi connectivity index (χ4n) is 2.93. The largest absolute Gasteiger partial charge is 0.481 e. The minimum atomic E-state index is -2.87. The summed E-state index contributed by atoms with van der Waals surface area (Å²) in [7, 11) is 0. The highest BCUT2D eigenvalue weighted by atomic mass is 32.1. The molecule has 1 atom stereocenters. The third-order valence-corrected chi connectivity index (χ3v) is 5.36. The zero-order valence-corrected chi connectivity index (χ0v) is 14.5. The van der Waals surface area contributed by atoms with Gasteiger partial charge in [0.2, 0.25) is 0 Å². The highest BCUT2D eigenvalue weighted by molar-refractivity contribution is 7.17. The third kappa shape index (κ3) is 4.19. The third-order valence-electron chi connectivity index (χ3n) is 4.24. The first kappa shape index (κ1) is 18.3. The Morgan fingerprint density at radius 3 is 2.58 bits per heavy atom. The molecule has 2 heterocycles. The molecule has 1 N–H and O–H groups in total. The molecule has 1 aromatic carbocycles. The van der Waals surface area contributed by atoms with Gasteiger partial charge in [0.15, 0.2) is 0 Å². The van der Waals surface area contributed by atoms with Gasteiger partial charge in [0, 0.05) is 18.0 Å². The van der Waals surface area contributed by atoms with Crippen molar-refractivity contribution in [3.63, 3.8) is 0 Å². The predicted octanol–water partition coefficient (Wildman–Crippen LogP) is 3.95. The van der Waals surface area contributed by atoms with Crippen LogP contribution in [-0.2, 0) is 4.79 Å². The molecule has 0 radical (unpaired) electrons. The molecule has 1 aromatic heterocycles. The zero-order chi connectivity index (χ0) is 18.7. The number of amides is 1. The van der Waals surface area contributed by atoms with Crippen molar-refractivity contribution in [2.75, 3.05) is 13.1 Å². The molecule has 26 heavy (non-hydrogen) atoms. The number of carbonyl (C=O) groups excluding carboxylic acids is 1. The number of aliphatic carboxylic acids is 1. The van der Waals surface area contributed by atoms with Gasteiger partial charge in [0.1, 0.15) is 5.75 Å². The molecule has 1 aliphatic rings. The molecular weight excluding hydrogens is 364 g/mol. The fourth-order valence-corrected chi connectivity index (χ4v) is 3.91. The molecule has 0 saturated carbocycles. The van der Waals surface area contributed by atoms with E-state index in [-0.39, 0.29) is 18.2 Å². The maximum absolute atomic E-state index is 12.6. The summed E-state index contributed by atoms with van der Waals surface area (Å²) in [5.74, 6) is -1.50. The molecule has 138 valence electrons. The number of piperidine rings is 1. The number of carboxylic acid groups (broad SMARTS) is 1. The van der Waals surface area contributed by atoms with Gasteiger partial charge in [-0.2, -0.15) is 8.78 Å². The van der Waals surface area contributed by atoms with Crippen LogP contribution in [0.4, 0.5) is 8.78 Å². The summed E-state index contributed by atoms with van der Waals surface area (Å²) in [6.45, 7) is -2.10. The standard InChI is InChI=1S/C18H17F2NO4S/c19-18(20)25-13-5-3-11(4-6-13)14-7-8-15(26-14)16(22)21-9-1-2-12(10-21)17(23)24/h3-8,12,18H,1-2,9-10H2,(H,23,24)/t12-/m0/s1. The second-order valence-corrected chi connectivity index (χ2v) is 7.08. The van der Waals surface area contributed by atoms with Gasteiger partial charge in [-0.15, -0.1) is 11.3 Å². The second kappa shape index (κ2) is 7.82. The molecule has 2 aromatic rings. The maximum atomic E-state index is 12.6. The number of hydrogen-bond donors (Lipinski definition) is 1. The van der Waals surface area contributed by atoms with Crippen LogP contribution < -0.4 is 4.74 Å². The highest BCUT2D eigenvalue weighted by Gasteiger charge is 2.29. The monoisotopic (exact) mass is 381 g/mol. The average molecular weight is 381 g/mol. The van der Waals surface area contributed by atoms with Crippen LogP contribution in [0.3, 0.4) is 0 Å². The van der Waals surface area contributed by atoms with Crippen molar-refractivity contribution >= 4 is 23.2 Å². The van der Waals surface area contributed by atoms with Crippen LogP contribution in [-0.4, -0.2) is 41.6 Å². The lowest BCUT2D eigenvalue weighted by Crippen LogP contribution is -2.42. The van der Waals surface area contributed by atoms with Crippen LogP contribution in [0.25, 0.3) is 10.4 Å². The van der Waals surface area contributed by atoms with E-state index < -0.39 is 18.5 Å². The van der Waals surface area contributed by atoms with Gasteiger partial charge >= 0.3 is 12.6 Å². The molecule has 0 bridgehead atoms. The Hall–Kier alpha value is -2.48. The number of rotatable bonds is 5. The lowest BCUT2D eigenvalue weighted by molar-refractivity contribution is -0.143. The summed E-state index contributed by atoms with van der Waals surface area (Å²) in [5, 5.41) is 9.15. The van der Waals surface area contributed by atoms with Crippen molar-refractivity contribution < 1.29 is 28.2 Å². The lowest BCUT2D eigenvalue weighted by atomic mass is 9.98. The van der Waals surface area contributed by atoms with Crippen molar-refractivity contribution in [2.45, 2.75) is 19.5 Å². The van der Waals surface area contributed by atoms with Crippen molar-refractivity contribution in [3.05, 3.63) is 41.3 Å². The van der Waals surface area contributed by atoms with E-state index in [1.807, 2.05) is 0 Å². The molecule has 8 heteroatoms. The molecule has 1 saturated heterocycles. The topological polar surface area (TPSA) is 66.8 Å². The van der Waals surface area contributed by atoms with Gasteiger partial charge in [0.05, 0.1) is 10.8 Å². The van der Waals surface area contributed by atoms with E-state index in [1.165, 1.54) is 23.5 Å². The summed E-state index contributed by atoms with van der Waals surface area (Å²) in [6.07, 6.45) is 1.26. The number of benzene rings is 1. The number of likely N-dealkylation sites (tertiary alicyclic amines) is 1. The molecule has 3 rings (SSSR count). The Labute approximate surface area is 152 Å². The number of carboxylic acids is 1. The molecule has 0 aliphatic carbocycles. The predicted molar refractivity (Wildman–Crippen MR) is 92.7 cm³/mol. The Balaban J connectivity index is 1.71. The number of alkyl halides is 2. The first-order chi connectivity index (χ1) is 12.4. The molecule has 1 amide bonds. The quantitative estimate of drug-likeness (QED) is 0.852. The van der Waals surface area contributed by atoms with E-state index in [4.69, 9.17) is 5.11 Å². The molecule has 0 unspecified atom stereocenters. The van der Waals surface area contributed by atoms with Crippen LogP contribution >= 0.6 is 11.3 Å². The Morgan fingerprint density at radius 2 is 1.92 bits per heavy atom. The van der Waals surface area contributed by atoms with Crippen molar-refractivity contribution in [2.24, 2.45) is 5.92 Å². The summed E-state index contributed by atoms with van der Waals surface area (Å²) in [5.41, 5.74) is 0.790. The van der Waals surface area contributed by atoms with E-state index in [0.29, 0.717) is 24.3 Å². The molecule has 0 spiro atoms. The summed E-state index contributed by atoms with van der Waals surface area (Å²) >= 11 is 1.29. The minimum Gasteiger partial charge on any atom is -0.481 e. The Kier molecular flexibility index (Phi) is 5.51. The normalized spacial score (nSPS) is 17.3.